The van der Waals surface area contributed by atoms with E-state index in [-0.39, 0.29) is 0 Å². The van der Waals surface area contributed by atoms with E-state index in [9.17, 15) is 4.79 Å². The molecule has 4 nitrogen and oxygen atoms in total. The van der Waals surface area contributed by atoms with Gasteiger partial charge in [-0.2, -0.15) is 0 Å². The highest BCUT2D eigenvalue weighted by Crippen LogP contribution is 2.31. The minimum atomic E-state index is -0.826. The molecule has 2 rings (SSSR count). The molecule has 2 aromatic rings. The average molecular weight is 262 g/mol. The standard InChI is InChI=1S/C13H14N2O2S/c1-8(12(16)17)11-9(2)14-13(18-11)15-10-6-4-3-5-7-10/h3-8H,1-2H3,(H,14,15)(H,16,17). The number of anilines is 2. The second-order valence-corrected chi connectivity index (χ2v) is 5.05. The van der Waals surface area contributed by atoms with Crippen molar-refractivity contribution >= 4 is 28.1 Å². The van der Waals surface area contributed by atoms with Crippen LogP contribution in [-0.4, -0.2) is 16.1 Å². The van der Waals surface area contributed by atoms with Crippen LogP contribution in [0.2, 0.25) is 0 Å². The maximum absolute atomic E-state index is 11.0. The summed E-state index contributed by atoms with van der Waals surface area (Å²) in [4.78, 5) is 16.1. The number of aryl methyl sites for hydroxylation is 1. The van der Waals surface area contributed by atoms with E-state index in [4.69, 9.17) is 5.11 Å². The number of hydrogen-bond donors (Lipinski definition) is 2. The highest BCUT2D eigenvalue weighted by atomic mass is 32.1. The zero-order valence-corrected chi connectivity index (χ0v) is 11.0. The Morgan fingerprint density at radius 1 is 1.39 bits per heavy atom. The van der Waals surface area contributed by atoms with E-state index >= 15 is 0 Å². The van der Waals surface area contributed by atoms with Crippen molar-refractivity contribution in [2.24, 2.45) is 0 Å². The molecule has 94 valence electrons. The van der Waals surface area contributed by atoms with Gasteiger partial charge in [-0.15, -0.1) is 11.3 Å². The Labute approximate surface area is 109 Å². The minimum absolute atomic E-state index is 0.520. The smallest absolute Gasteiger partial charge is 0.311 e. The van der Waals surface area contributed by atoms with Gasteiger partial charge in [0.15, 0.2) is 5.13 Å². The van der Waals surface area contributed by atoms with Crippen LogP contribution in [0.25, 0.3) is 0 Å². The van der Waals surface area contributed by atoms with Crippen molar-refractivity contribution in [1.29, 1.82) is 0 Å². The molecule has 0 amide bonds. The Morgan fingerprint density at radius 3 is 2.67 bits per heavy atom. The topological polar surface area (TPSA) is 62.2 Å². The average Bonchev–Trinajstić information content (AvgIpc) is 2.70. The Bertz CT molecular complexity index is 551. The fraction of sp³-hybridized carbons (Fsp3) is 0.231. The lowest BCUT2D eigenvalue weighted by molar-refractivity contribution is -0.138. The van der Waals surface area contributed by atoms with Crippen LogP contribution in [0.1, 0.15) is 23.4 Å². The SMILES string of the molecule is Cc1nc(Nc2ccccc2)sc1C(C)C(=O)O. The third-order valence-corrected chi connectivity index (χ3v) is 3.88. The van der Waals surface area contributed by atoms with E-state index in [1.54, 1.807) is 6.92 Å². The van der Waals surface area contributed by atoms with E-state index in [0.29, 0.717) is 0 Å². The fourth-order valence-electron chi connectivity index (χ4n) is 1.62. The maximum atomic E-state index is 11.0. The van der Waals surface area contributed by atoms with Gasteiger partial charge in [0, 0.05) is 10.6 Å². The van der Waals surface area contributed by atoms with Crippen molar-refractivity contribution in [2.45, 2.75) is 19.8 Å². The van der Waals surface area contributed by atoms with Gasteiger partial charge in [-0.05, 0) is 26.0 Å². The van der Waals surface area contributed by atoms with Gasteiger partial charge in [-0.25, -0.2) is 4.98 Å². The lowest BCUT2D eigenvalue weighted by Crippen LogP contribution is -2.06. The second kappa shape index (κ2) is 5.18. The highest BCUT2D eigenvalue weighted by molar-refractivity contribution is 7.16. The number of carboxylic acid groups (broad SMARTS) is 1. The monoisotopic (exact) mass is 262 g/mol. The molecule has 0 saturated heterocycles. The van der Waals surface area contributed by atoms with Gasteiger partial charge >= 0.3 is 5.97 Å². The number of nitrogens with zero attached hydrogens (tertiary/aromatic N) is 1. The molecule has 2 N–H and O–H groups in total. The van der Waals surface area contributed by atoms with Gasteiger partial charge in [-0.1, -0.05) is 18.2 Å². The normalized spacial score (nSPS) is 12.1. The number of nitrogens with one attached hydrogen (secondary N) is 1. The molecule has 1 aromatic carbocycles. The highest BCUT2D eigenvalue weighted by Gasteiger charge is 2.20. The van der Waals surface area contributed by atoms with Crippen molar-refractivity contribution in [3.05, 3.63) is 40.9 Å². The third-order valence-electron chi connectivity index (χ3n) is 2.62. The first-order valence-corrected chi connectivity index (χ1v) is 6.42. The Balaban J connectivity index is 2.22. The molecule has 0 aliphatic heterocycles. The molecule has 1 unspecified atom stereocenters. The van der Waals surface area contributed by atoms with E-state index in [1.807, 2.05) is 37.3 Å². The number of carbonyl (C=O) groups is 1. The number of aliphatic carboxylic acids is 1. The third kappa shape index (κ3) is 2.68. The van der Waals surface area contributed by atoms with Crippen LogP contribution >= 0.6 is 11.3 Å². The van der Waals surface area contributed by atoms with Crippen molar-refractivity contribution in [2.75, 3.05) is 5.32 Å². The van der Waals surface area contributed by atoms with Crippen molar-refractivity contribution in [3.63, 3.8) is 0 Å². The van der Waals surface area contributed by atoms with Crippen molar-refractivity contribution in [3.8, 4) is 0 Å². The molecule has 1 heterocycles. The molecule has 0 spiro atoms. The molecule has 18 heavy (non-hydrogen) atoms. The predicted molar refractivity (Wildman–Crippen MR) is 72.6 cm³/mol. The van der Waals surface area contributed by atoms with Gasteiger partial charge in [0.1, 0.15) is 0 Å². The summed E-state index contributed by atoms with van der Waals surface area (Å²) < 4.78 is 0. The summed E-state index contributed by atoms with van der Waals surface area (Å²) in [5, 5.41) is 12.9. The van der Waals surface area contributed by atoms with Crippen LogP contribution in [-0.2, 0) is 4.79 Å². The summed E-state index contributed by atoms with van der Waals surface area (Å²) >= 11 is 1.39. The first-order chi connectivity index (χ1) is 8.58. The van der Waals surface area contributed by atoms with Crippen LogP contribution in [0.5, 0.6) is 0 Å². The van der Waals surface area contributed by atoms with Crippen LogP contribution in [0.3, 0.4) is 0 Å². The molecule has 0 aliphatic rings. The molecular formula is C13H14N2O2S. The van der Waals surface area contributed by atoms with Crippen LogP contribution in [0.4, 0.5) is 10.8 Å². The Hall–Kier alpha value is -1.88. The lowest BCUT2D eigenvalue weighted by Gasteiger charge is -2.02. The van der Waals surface area contributed by atoms with E-state index < -0.39 is 11.9 Å². The quantitative estimate of drug-likeness (QED) is 0.886. The minimum Gasteiger partial charge on any atom is -0.481 e. The van der Waals surface area contributed by atoms with Gasteiger partial charge in [-0.3, -0.25) is 4.79 Å². The molecule has 0 aliphatic carbocycles. The molecule has 0 bridgehead atoms. The van der Waals surface area contributed by atoms with E-state index in [1.165, 1.54) is 11.3 Å². The Morgan fingerprint density at radius 2 is 2.06 bits per heavy atom. The summed E-state index contributed by atoms with van der Waals surface area (Å²) in [6, 6.07) is 9.69. The van der Waals surface area contributed by atoms with Gasteiger partial charge in [0.2, 0.25) is 0 Å². The van der Waals surface area contributed by atoms with Crippen LogP contribution in [0.15, 0.2) is 30.3 Å². The number of hydrogen-bond acceptors (Lipinski definition) is 4. The van der Waals surface area contributed by atoms with Gasteiger partial charge in [0.25, 0.3) is 0 Å². The summed E-state index contributed by atoms with van der Waals surface area (Å²) in [5.74, 6) is -1.35. The van der Waals surface area contributed by atoms with E-state index in [0.717, 1.165) is 21.4 Å². The number of carboxylic acids is 1. The molecule has 0 saturated carbocycles. The number of para-hydroxylation sites is 1. The van der Waals surface area contributed by atoms with Crippen molar-refractivity contribution in [1.82, 2.24) is 4.98 Å². The molecular weight excluding hydrogens is 248 g/mol. The maximum Gasteiger partial charge on any atom is 0.311 e. The summed E-state index contributed by atoms with van der Waals surface area (Å²) in [5.41, 5.74) is 1.72. The first-order valence-electron chi connectivity index (χ1n) is 5.60. The fourth-order valence-corrected chi connectivity index (χ4v) is 2.65. The number of aromatic nitrogens is 1. The number of benzene rings is 1. The largest absolute Gasteiger partial charge is 0.481 e. The predicted octanol–water partition coefficient (Wildman–Crippen LogP) is 3.38. The molecule has 1 atom stereocenters. The van der Waals surface area contributed by atoms with Gasteiger partial charge in [0.05, 0.1) is 11.6 Å². The number of rotatable bonds is 4. The van der Waals surface area contributed by atoms with Crippen molar-refractivity contribution < 1.29 is 9.90 Å². The molecule has 1 aromatic heterocycles. The lowest BCUT2D eigenvalue weighted by atomic mass is 10.1. The molecule has 0 fully saturated rings. The first kappa shape index (κ1) is 12.6. The Kier molecular flexibility index (Phi) is 3.62. The van der Waals surface area contributed by atoms with Crippen LogP contribution in [0, 0.1) is 6.92 Å². The van der Waals surface area contributed by atoms with Gasteiger partial charge < -0.3 is 10.4 Å². The van der Waals surface area contributed by atoms with E-state index in [2.05, 4.69) is 10.3 Å². The summed E-state index contributed by atoms with van der Waals surface area (Å²) in [7, 11) is 0. The van der Waals surface area contributed by atoms with Crippen LogP contribution < -0.4 is 5.32 Å². The summed E-state index contributed by atoms with van der Waals surface area (Å²) in [6.07, 6.45) is 0. The second-order valence-electron chi connectivity index (χ2n) is 4.02. The zero-order chi connectivity index (χ0) is 13.1. The zero-order valence-electron chi connectivity index (χ0n) is 10.2. The molecule has 0 radical (unpaired) electrons. The molecule has 5 heteroatoms. The number of thiazole rings is 1. The summed E-state index contributed by atoms with van der Waals surface area (Å²) in [6.45, 7) is 3.51.